The maximum atomic E-state index is 11.7. The van der Waals surface area contributed by atoms with Crippen LogP contribution in [0, 0.1) is 0 Å². The number of nitrogens with one attached hydrogen (secondary N) is 2. The number of carboxylic acid groups (broad SMARTS) is 1. The zero-order valence-corrected chi connectivity index (χ0v) is 9.86. The quantitative estimate of drug-likeness (QED) is 0.737. The van der Waals surface area contributed by atoms with E-state index in [-0.39, 0.29) is 16.5 Å². The van der Waals surface area contributed by atoms with Crippen LogP contribution in [0.3, 0.4) is 0 Å². The second-order valence-corrected chi connectivity index (χ2v) is 4.54. The maximum absolute atomic E-state index is 11.7. The van der Waals surface area contributed by atoms with Crippen molar-refractivity contribution in [2.24, 2.45) is 0 Å². The first-order chi connectivity index (χ1) is 8.56. The van der Waals surface area contributed by atoms with Crippen molar-refractivity contribution in [1.82, 2.24) is 10.3 Å². The number of rotatable bonds is 3. The largest absolute Gasteiger partial charge is 0.478 e. The Morgan fingerprint density at radius 3 is 2.89 bits per heavy atom. The highest BCUT2D eigenvalue weighted by Crippen LogP contribution is 2.15. The lowest BCUT2D eigenvalue weighted by molar-refractivity contribution is -0.117. The van der Waals surface area contributed by atoms with Crippen LogP contribution in [0.15, 0.2) is 18.5 Å². The highest BCUT2D eigenvalue weighted by atomic mass is 32.2. The third-order valence-electron chi connectivity index (χ3n) is 2.24. The summed E-state index contributed by atoms with van der Waals surface area (Å²) in [6.07, 6.45) is 2.53. The molecule has 1 atom stereocenters. The van der Waals surface area contributed by atoms with Crippen LogP contribution in [0.25, 0.3) is 0 Å². The van der Waals surface area contributed by atoms with E-state index in [1.54, 1.807) is 0 Å². The molecule has 0 aromatic carbocycles. The Hall–Kier alpha value is -2.09. The van der Waals surface area contributed by atoms with Gasteiger partial charge < -0.3 is 15.7 Å². The fraction of sp³-hybridized carbons (Fsp3) is 0.200. The summed E-state index contributed by atoms with van der Waals surface area (Å²) in [7, 11) is 0. The molecule has 1 aliphatic heterocycles. The topological polar surface area (TPSA) is 108 Å². The molecule has 8 heteroatoms. The number of aromatic nitrogens is 1. The number of anilines is 1. The molecule has 1 aromatic heterocycles. The zero-order chi connectivity index (χ0) is 13.1. The average Bonchev–Trinajstić information content (AvgIpc) is 2.76. The molecule has 2 rings (SSSR count). The lowest BCUT2D eigenvalue weighted by Gasteiger charge is -2.10. The zero-order valence-electron chi connectivity index (χ0n) is 9.04. The van der Waals surface area contributed by atoms with Crippen LogP contribution in [0.4, 0.5) is 10.5 Å². The van der Waals surface area contributed by atoms with Crippen molar-refractivity contribution in [1.29, 1.82) is 0 Å². The molecular weight excluding hydrogens is 258 g/mol. The molecule has 0 saturated carbocycles. The normalized spacial score (nSPS) is 18.2. The fourth-order valence-electron chi connectivity index (χ4n) is 1.38. The second-order valence-electron chi connectivity index (χ2n) is 3.55. The monoisotopic (exact) mass is 267 g/mol. The molecule has 2 amide bonds. The van der Waals surface area contributed by atoms with Crippen LogP contribution < -0.4 is 10.6 Å². The van der Waals surface area contributed by atoms with Crippen LogP contribution in [-0.2, 0) is 4.79 Å². The fourth-order valence-corrected chi connectivity index (χ4v) is 2.16. The van der Waals surface area contributed by atoms with E-state index in [4.69, 9.17) is 5.11 Å². The summed E-state index contributed by atoms with van der Waals surface area (Å²) < 4.78 is 0. The molecular formula is C10H9N3O4S. The van der Waals surface area contributed by atoms with E-state index < -0.39 is 17.9 Å². The average molecular weight is 267 g/mol. The molecule has 2 heterocycles. The van der Waals surface area contributed by atoms with Crippen molar-refractivity contribution in [2.75, 3.05) is 11.1 Å². The van der Waals surface area contributed by atoms with Crippen molar-refractivity contribution in [3.63, 3.8) is 0 Å². The van der Waals surface area contributed by atoms with E-state index in [1.807, 2.05) is 0 Å². The van der Waals surface area contributed by atoms with E-state index >= 15 is 0 Å². The molecule has 18 heavy (non-hydrogen) atoms. The van der Waals surface area contributed by atoms with E-state index in [0.717, 1.165) is 11.8 Å². The molecule has 0 bridgehead atoms. The van der Waals surface area contributed by atoms with E-state index in [0.29, 0.717) is 5.75 Å². The number of pyridine rings is 1. The summed E-state index contributed by atoms with van der Waals surface area (Å²) in [5, 5.41) is 13.5. The van der Waals surface area contributed by atoms with E-state index in [9.17, 15) is 14.4 Å². The Balaban J connectivity index is 2.05. The molecule has 3 N–H and O–H groups in total. The van der Waals surface area contributed by atoms with Gasteiger partial charge in [0.1, 0.15) is 6.04 Å². The molecule has 1 unspecified atom stereocenters. The highest BCUT2D eigenvalue weighted by molar-refractivity contribution is 8.14. The summed E-state index contributed by atoms with van der Waals surface area (Å²) in [6.45, 7) is 0. The lowest BCUT2D eigenvalue weighted by atomic mass is 10.2. The van der Waals surface area contributed by atoms with Crippen LogP contribution in [0.1, 0.15) is 10.4 Å². The second kappa shape index (κ2) is 5.05. The van der Waals surface area contributed by atoms with Gasteiger partial charge in [-0.1, -0.05) is 11.8 Å². The van der Waals surface area contributed by atoms with Crippen LogP contribution in [0.5, 0.6) is 0 Å². The number of carbonyl (C=O) groups is 3. The minimum absolute atomic E-state index is 0.0161. The van der Waals surface area contributed by atoms with Gasteiger partial charge in [0.25, 0.3) is 5.24 Å². The molecule has 1 aromatic rings. The van der Waals surface area contributed by atoms with Gasteiger partial charge in [-0.3, -0.25) is 14.6 Å². The molecule has 1 aliphatic rings. The van der Waals surface area contributed by atoms with E-state index in [1.165, 1.54) is 18.5 Å². The van der Waals surface area contributed by atoms with Gasteiger partial charge in [-0.15, -0.1) is 0 Å². The number of carboxylic acids is 1. The first-order valence-electron chi connectivity index (χ1n) is 4.99. The smallest absolute Gasteiger partial charge is 0.337 e. The number of nitrogens with zero attached hydrogens (tertiary/aromatic N) is 1. The number of thioether (sulfide) groups is 1. The molecule has 94 valence electrons. The molecule has 1 fully saturated rings. The van der Waals surface area contributed by atoms with Crippen molar-refractivity contribution in [3.8, 4) is 0 Å². The van der Waals surface area contributed by atoms with Crippen LogP contribution in [0.2, 0.25) is 0 Å². The Labute approximate surface area is 106 Å². The molecule has 0 aliphatic carbocycles. The first kappa shape index (κ1) is 12.4. The van der Waals surface area contributed by atoms with Crippen molar-refractivity contribution >= 4 is 34.6 Å². The van der Waals surface area contributed by atoms with Gasteiger partial charge in [0.05, 0.1) is 17.4 Å². The van der Waals surface area contributed by atoms with Crippen LogP contribution >= 0.6 is 11.8 Å². The third-order valence-corrected chi connectivity index (χ3v) is 3.12. The molecule has 1 saturated heterocycles. The molecule has 0 spiro atoms. The SMILES string of the molecule is O=C1NC(C(=O)Nc2cncc(C(=O)O)c2)CS1. The summed E-state index contributed by atoms with van der Waals surface area (Å²) in [6, 6.07) is 0.702. The van der Waals surface area contributed by atoms with Crippen molar-refractivity contribution in [3.05, 3.63) is 24.0 Å². The lowest BCUT2D eigenvalue weighted by Crippen LogP contribution is -2.38. The van der Waals surface area contributed by atoms with Gasteiger partial charge in [0, 0.05) is 11.9 Å². The Morgan fingerprint density at radius 2 is 2.28 bits per heavy atom. The molecule has 7 nitrogen and oxygen atoms in total. The Bertz CT molecular complexity index is 520. The van der Waals surface area contributed by atoms with Gasteiger partial charge in [-0.2, -0.15) is 0 Å². The maximum Gasteiger partial charge on any atom is 0.337 e. The van der Waals surface area contributed by atoms with E-state index in [2.05, 4.69) is 15.6 Å². The number of aromatic carboxylic acids is 1. The summed E-state index contributed by atoms with van der Waals surface area (Å²) >= 11 is 1.03. The minimum atomic E-state index is -1.12. The number of carbonyl (C=O) groups excluding carboxylic acids is 2. The number of amides is 2. The number of hydrogen-bond acceptors (Lipinski definition) is 5. The summed E-state index contributed by atoms with van der Waals surface area (Å²) in [5.41, 5.74) is 0.267. The van der Waals surface area contributed by atoms with Gasteiger partial charge >= 0.3 is 5.97 Å². The Morgan fingerprint density at radius 1 is 1.50 bits per heavy atom. The highest BCUT2D eigenvalue weighted by Gasteiger charge is 2.28. The van der Waals surface area contributed by atoms with Gasteiger partial charge in [-0.05, 0) is 6.07 Å². The van der Waals surface area contributed by atoms with Gasteiger partial charge in [0.15, 0.2) is 0 Å². The van der Waals surface area contributed by atoms with Gasteiger partial charge in [-0.25, -0.2) is 4.79 Å². The third kappa shape index (κ3) is 2.77. The van der Waals surface area contributed by atoms with Crippen molar-refractivity contribution < 1.29 is 19.5 Å². The predicted molar refractivity (Wildman–Crippen MR) is 64.6 cm³/mol. The standard InChI is InChI=1S/C10H9N3O4S/c14-8(7-4-18-10(17)13-7)12-6-1-5(9(15)16)2-11-3-6/h1-3,7H,4H2,(H,12,14)(H,13,17)(H,15,16). The van der Waals surface area contributed by atoms with Crippen molar-refractivity contribution in [2.45, 2.75) is 6.04 Å². The van der Waals surface area contributed by atoms with Gasteiger partial charge in [0.2, 0.25) is 5.91 Å². The first-order valence-corrected chi connectivity index (χ1v) is 5.97. The summed E-state index contributed by atoms with van der Waals surface area (Å²) in [4.78, 5) is 37.1. The number of hydrogen-bond donors (Lipinski definition) is 3. The molecule has 0 radical (unpaired) electrons. The van der Waals surface area contributed by atoms with Crippen LogP contribution in [-0.4, -0.2) is 39.0 Å². The summed E-state index contributed by atoms with van der Waals surface area (Å²) in [5.74, 6) is -1.16. The minimum Gasteiger partial charge on any atom is -0.478 e. The Kier molecular flexibility index (Phi) is 3.47. The predicted octanol–water partition coefficient (Wildman–Crippen LogP) is 0.543.